The molecule has 0 aliphatic carbocycles. The Hall–Kier alpha value is -1.06. The molecule has 1 aromatic carbocycles. The van der Waals surface area contributed by atoms with E-state index in [1.807, 2.05) is 0 Å². The molecule has 0 nitrogen and oxygen atoms in total. The molecule has 13 heavy (non-hydrogen) atoms. The highest BCUT2D eigenvalue weighted by Crippen LogP contribution is 2.26. The second kappa shape index (κ2) is 3.77. The van der Waals surface area contributed by atoms with E-state index in [1.165, 1.54) is 19.1 Å². The standard InChI is InChI=1S/C9H8F4/c1-5-2-6(8(10)11)4-7(3-5)9(12)13/h2-4,8-9H,1H3. The van der Waals surface area contributed by atoms with Crippen LogP contribution < -0.4 is 0 Å². The van der Waals surface area contributed by atoms with Crippen LogP contribution in [0, 0.1) is 6.92 Å². The highest BCUT2D eigenvalue weighted by Gasteiger charge is 2.13. The van der Waals surface area contributed by atoms with Crippen LogP contribution in [0.1, 0.15) is 29.5 Å². The molecule has 1 aromatic rings. The zero-order valence-electron chi connectivity index (χ0n) is 6.90. The van der Waals surface area contributed by atoms with Gasteiger partial charge in [-0.15, -0.1) is 0 Å². The van der Waals surface area contributed by atoms with Crippen LogP contribution in [-0.2, 0) is 0 Å². The molecule has 0 spiro atoms. The van der Waals surface area contributed by atoms with Crippen molar-refractivity contribution in [2.45, 2.75) is 19.8 Å². The molecule has 0 fully saturated rings. The Bertz CT molecular complexity index is 267. The first-order chi connectivity index (χ1) is 6.00. The van der Waals surface area contributed by atoms with Crippen molar-refractivity contribution in [3.05, 3.63) is 34.9 Å². The monoisotopic (exact) mass is 192 g/mol. The highest BCUT2D eigenvalue weighted by atomic mass is 19.3. The van der Waals surface area contributed by atoms with E-state index in [0.29, 0.717) is 5.56 Å². The Morgan fingerprint density at radius 1 is 0.846 bits per heavy atom. The van der Waals surface area contributed by atoms with Gasteiger partial charge >= 0.3 is 0 Å². The lowest BCUT2D eigenvalue weighted by Gasteiger charge is -2.05. The summed E-state index contributed by atoms with van der Waals surface area (Å²) in [5.74, 6) is 0. The van der Waals surface area contributed by atoms with Gasteiger partial charge in [-0.1, -0.05) is 17.7 Å². The van der Waals surface area contributed by atoms with Gasteiger partial charge in [-0.2, -0.15) is 0 Å². The second-order valence-electron chi connectivity index (χ2n) is 2.78. The first-order valence-corrected chi connectivity index (χ1v) is 3.68. The van der Waals surface area contributed by atoms with Gasteiger partial charge in [0.1, 0.15) is 0 Å². The van der Waals surface area contributed by atoms with Gasteiger partial charge in [-0.25, -0.2) is 17.6 Å². The number of hydrogen-bond donors (Lipinski definition) is 0. The van der Waals surface area contributed by atoms with Crippen molar-refractivity contribution >= 4 is 0 Å². The predicted molar refractivity (Wildman–Crippen MR) is 41.1 cm³/mol. The Kier molecular flexibility index (Phi) is 2.90. The second-order valence-corrected chi connectivity index (χ2v) is 2.78. The highest BCUT2D eigenvalue weighted by molar-refractivity contribution is 5.30. The summed E-state index contributed by atoms with van der Waals surface area (Å²) >= 11 is 0. The van der Waals surface area contributed by atoms with Gasteiger partial charge in [0.15, 0.2) is 0 Å². The van der Waals surface area contributed by atoms with E-state index in [9.17, 15) is 17.6 Å². The summed E-state index contributed by atoms with van der Waals surface area (Å²) in [6.45, 7) is 1.51. The smallest absolute Gasteiger partial charge is 0.205 e. The summed E-state index contributed by atoms with van der Waals surface area (Å²) in [6.07, 6.45) is -5.39. The van der Waals surface area contributed by atoms with Crippen LogP contribution in [0.4, 0.5) is 17.6 Å². The zero-order chi connectivity index (χ0) is 10.0. The van der Waals surface area contributed by atoms with Crippen molar-refractivity contribution in [2.24, 2.45) is 0 Å². The van der Waals surface area contributed by atoms with E-state index in [0.717, 1.165) is 6.07 Å². The van der Waals surface area contributed by atoms with Crippen molar-refractivity contribution in [1.82, 2.24) is 0 Å². The van der Waals surface area contributed by atoms with Crippen molar-refractivity contribution in [2.75, 3.05) is 0 Å². The third-order valence-electron chi connectivity index (χ3n) is 1.63. The molecule has 0 N–H and O–H groups in total. The van der Waals surface area contributed by atoms with Crippen LogP contribution in [-0.4, -0.2) is 0 Å². The maximum atomic E-state index is 12.1. The largest absolute Gasteiger partial charge is 0.263 e. The molecule has 0 unspecified atom stereocenters. The predicted octanol–water partition coefficient (Wildman–Crippen LogP) is 3.87. The summed E-state index contributed by atoms with van der Waals surface area (Å²) in [5, 5.41) is 0. The molecule has 0 saturated carbocycles. The quantitative estimate of drug-likeness (QED) is 0.624. The fourth-order valence-corrected chi connectivity index (χ4v) is 1.10. The number of halogens is 4. The minimum Gasteiger partial charge on any atom is -0.205 e. The number of alkyl halides is 4. The molecule has 0 bridgehead atoms. The maximum Gasteiger partial charge on any atom is 0.263 e. The molecule has 72 valence electrons. The molecular formula is C9H8F4. The number of rotatable bonds is 2. The van der Waals surface area contributed by atoms with Crippen molar-refractivity contribution in [3.63, 3.8) is 0 Å². The molecule has 4 heteroatoms. The zero-order valence-corrected chi connectivity index (χ0v) is 6.90. The van der Waals surface area contributed by atoms with Crippen LogP contribution in [0.2, 0.25) is 0 Å². The van der Waals surface area contributed by atoms with E-state index >= 15 is 0 Å². The van der Waals surface area contributed by atoms with Crippen molar-refractivity contribution < 1.29 is 17.6 Å². The molecule has 0 heterocycles. The van der Waals surface area contributed by atoms with Gasteiger partial charge in [0.25, 0.3) is 12.9 Å². The fourth-order valence-electron chi connectivity index (χ4n) is 1.10. The first-order valence-electron chi connectivity index (χ1n) is 3.68. The summed E-state index contributed by atoms with van der Waals surface area (Å²) in [6, 6.07) is 3.25. The first kappa shape index (κ1) is 10.0. The Labute approximate surface area is 73.2 Å². The van der Waals surface area contributed by atoms with E-state index in [2.05, 4.69) is 0 Å². The third-order valence-corrected chi connectivity index (χ3v) is 1.63. The molecule has 0 amide bonds. The van der Waals surface area contributed by atoms with E-state index in [-0.39, 0.29) is 11.1 Å². The fraction of sp³-hybridized carbons (Fsp3) is 0.333. The van der Waals surface area contributed by atoms with Crippen molar-refractivity contribution in [3.8, 4) is 0 Å². The van der Waals surface area contributed by atoms with Gasteiger partial charge in [-0.3, -0.25) is 0 Å². The lowest BCUT2D eigenvalue weighted by molar-refractivity contribution is 0.144. The third kappa shape index (κ3) is 2.44. The number of aryl methyl sites for hydroxylation is 1. The Morgan fingerprint density at radius 3 is 1.54 bits per heavy atom. The minimum atomic E-state index is -2.70. The molecular weight excluding hydrogens is 184 g/mol. The van der Waals surface area contributed by atoms with E-state index in [4.69, 9.17) is 0 Å². The summed E-state index contributed by atoms with van der Waals surface area (Å²) in [4.78, 5) is 0. The Morgan fingerprint density at radius 2 is 1.23 bits per heavy atom. The van der Waals surface area contributed by atoms with Gasteiger partial charge in [0, 0.05) is 11.1 Å². The van der Waals surface area contributed by atoms with Crippen LogP contribution in [0.25, 0.3) is 0 Å². The molecule has 0 aliphatic heterocycles. The normalized spacial score (nSPS) is 11.3. The number of benzene rings is 1. The SMILES string of the molecule is Cc1cc(C(F)F)cc(C(F)F)c1. The van der Waals surface area contributed by atoms with Crippen LogP contribution in [0.3, 0.4) is 0 Å². The molecule has 0 atom stereocenters. The summed E-state index contributed by atoms with van der Waals surface area (Å²) < 4.78 is 48.6. The molecule has 1 rings (SSSR count). The summed E-state index contributed by atoms with van der Waals surface area (Å²) in [7, 11) is 0. The van der Waals surface area contributed by atoms with Gasteiger partial charge in [-0.05, 0) is 13.0 Å². The lowest BCUT2D eigenvalue weighted by atomic mass is 10.1. The Balaban J connectivity index is 3.11. The lowest BCUT2D eigenvalue weighted by Crippen LogP contribution is -1.91. The van der Waals surface area contributed by atoms with Crippen molar-refractivity contribution in [1.29, 1.82) is 0 Å². The van der Waals surface area contributed by atoms with Crippen LogP contribution >= 0.6 is 0 Å². The molecule has 0 aromatic heterocycles. The molecule has 0 radical (unpaired) electrons. The number of hydrogen-bond acceptors (Lipinski definition) is 0. The molecule has 0 saturated heterocycles. The van der Waals surface area contributed by atoms with Gasteiger partial charge < -0.3 is 0 Å². The van der Waals surface area contributed by atoms with Crippen LogP contribution in [0.5, 0.6) is 0 Å². The van der Waals surface area contributed by atoms with E-state index in [1.54, 1.807) is 0 Å². The summed E-state index contributed by atoms with van der Waals surface area (Å²) in [5.41, 5.74) is -0.279. The average molecular weight is 192 g/mol. The minimum absolute atomic E-state index is 0.352. The molecule has 0 aliphatic rings. The van der Waals surface area contributed by atoms with Gasteiger partial charge in [0.05, 0.1) is 0 Å². The average Bonchev–Trinajstić information content (AvgIpc) is 2.03. The van der Waals surface area contributed by atoms with E-state index < -0.39 is 12.9 Å². The van der Waals surface area contributed by atoms with Crippen LogP contribution in [0.15, 0.2) is 18.2 Å². The maximum absolute atomic E-state index is 12.1. The topological polar surface area (TPSA) is 0 Å². The van der Waals surface area contributed by atoms with Gasteiger partial charge in [0.2, 0.25) is 0 Å².